The maximum Gasteiger partial charge on any atom is 0.191 e. The van der Waals surface area contributed by atoms with E-state index in [1.807, 2.05) is 11.3 Å². The Morgan fingerprint density at radius 3 is 2.76 bits per heavy atom. The zero-order valence-corrected chi connectivity index (χ0v) is 14.3. The lowest BCUT2D eigenvalue weighted by Crippen LogP contribution is -2.40. The number of hydrogen-bond acceptors (Lipinski definition) is 3. The van der Waals surface area contributed by atoms with Gasteiger partial charge in [-0.3, -0.25) is 0 Å². The summed E-state index contributed by atoms with van der Waals surface area (Å²) in [5.74, 6) is 1.69. The van der Waals surface area contributed by atoms with Crippen molar-refractivity contribution >= 4 is 17.3 Å². The van der Waals surface area contributed by atoms with Gasteiger partial charge in [0.1, 0.15) is 0 Å². The average Bonchev–Trinajstić information content (AvgIpc) is 3.10. The number of likely N-dealkylation sites (tertiary alicyclic amines) is 1. The molecule has 2 rings (SSSR count). The Morgan fingerprint density at radius 1 is 1.33 bits per heavy atom. The minimum atomic E-state index is 0.743. The molecular weight excluding hydrogens is 280 g/mol. The molecule has 0 amide bonds. The standard InChI is InChI=1S/C16H28N4S/c1-4-14-6-7-15(21-14)11-19-16(17-5-2)18-10-13-8-9-20(3)12-13/h6-7,13H,4-5,8-12H2,1-3H3,(H2,17,18,19). The van der Waals surface area contributed by atoms with Crippen LogP contribution in [0.1, 0.15) is 30.0 Å². The van der Waals surface area contributed by atoms with Gasteiger partial charge in [0.05, 0.1) is 6.54 Å². The van der Waals surface area contributed by atoms with Crippen molar-refractivity contribution in [1.82, 2.24) is 15.5 Å². The molecule has 118 valence electrons. The summed E-state index contributed by atoms with van der Waals surface area (Å²) >= 11 is 1.87. The number of nitrogens with one attached hydrogen (secondary N) is 2. The summed E-state index contributed by atoms with van der Waals surface area (Å²) in [7, 11) is 2.20. The van der Waals surface area contributed by atoms with Crippen LogP contribution in [-0.2, 0) is 13.0 Å². The number of nitrogens with zero attached hydrogens (tertiary/aromatic N) is 2. The molecule has 1 aliphatic rings. The van der Waals surface area contributed by atoms with Crippen LogP contribution in [0.4, 0.5) is 0 Å². The summed E-state index contributed by atoms with van der Waals surface area (Å²) in [6, 6.07) is 4.41. The molecule has 21 heavy (non-hydrogen) atoms. The first kappa shape index (κ1) is 16.3. The van der Waals surface area contributed by atoms with Gasteiger partial charge in [-0.15, -0.1) is 11.3 Å². The monoisotopic (exact) mass is 308 g/mol. The van der Waals surface area contributed by atoms with E-state index in [2.05, 4.69) is 48.6 Å². The zero-order chi connectivity index (χ0) is 15.1. The Balaban J connectivity index is 1.83. The Morgan fingerprint density at radius 2 is 2.14 bits per heavy atom. The lowest BCUT2D eigenvalue weighted by molar-refractivity contribution is 0.394. The highest BCUT2D eigenvalue weighted by Gasteiger charge is 2.19. The average molecular weight is 308 g/mol. The minimum Gasteiger partial charge on any atom is -0.357 e. The maximum atomic E-state index is 4.70. The van der Waals surface area contributed by atoms with Crippen molar-refractivity contribution in [1.29, 1.82) is 0 Å². The lowest BCUT2D eigenvalue weighted by Gasteiger charge is -2.15. The van der Waals surface area contributed by atoms with Crippen LogP contribution in [0.2, 0.25) is 0 Å². The number of thiophene rings is 1. The third-order valence-electron chi connectivity index (χ3n) is 3.85. The predicted octanol–water partition coefficient (Wildman–Crippen LogP) is 2.32. The molecular formula is C16H28N4S. The Bertz CT molecular complexity index is 455. The number of aliphatic imine (C=N–C) groups is 1. The third-order valence-corrected chi connectivity index (χ3v) is 5.06. The van der Waals surface area contributed by atoms with Gasteiger partial charge in [-0.2, -0.15) is 0 Å². The molecule has 4 nitrogen and oxygen atoms in total. The molecule has 5 heteroatoms. The van der Waals surface area contributed by atoms with E-state index in [9.17, 15) is 0 Å². The quantitative estimate of drug-likeness (QED) is 0.626. The van der Waals surface area contributed by atoms with Crippen molar-refractivity contribution in [2.75, 3.05) is 33.2 Å². The molecule has 1 aromatic heterocycles. The van der Waals surface area contributed by atoms with Crippen LogP contribution in [0.15, 0.2) is 17.1 Å². The van der Waals surface area contributed by atoms with Crippen LogP contribution >= 0.6 is 11.3 Å². The van der Waals surface area contributed by atoms with Gasteiger partial charge in [0.15, 0.2) is 5.96 Å². The summed E-state index contributed by atoms with van der Waals surface area (Å²) < 4.78 is 0. The highest BCUT2D eigenvalue weighted by Crippen LogP contribution is 2.17. The molecule has 0 spiro atoms. The Labute approximate surface area is 132 Å². The van der Waals surface area contributed by atoms with E-state index < -0.39 is 0 Å². The lowest BCUT2D eigenvalue weighted by atomic mass is 10.1. The topological polar surface area (TPSA) is 39.7 Å². The van der Waals surface area contributed by atoms with E-state index in [4.69, 9.17) is 4.99 Å². The molecule has 0 aliphatic carbocycles. The van der Waals surface area contributed by atoms with Gasteiger partial charge < -0.3 is 15.5 Å². The molecule has 2 N–H and O–H groups in total. The first-order chi connectivity index (χ1) is 10.2. The molecule has 1 unspecified atom stereocenters. The fourth-order valence-electron chi connectivity index (χ4n) is 2.63. The molecule has 1 atom stereocenters. The number of hydrogen-bond donors (Lipinski definition) is 2. The van der Waals surface area contributed by atoms with Crippen LogP contribution < -0.4 is 10.6 Å². The SMILES string of the molecule is CCNC(=NCc1ccc(CC)s1)NCC1CCN(C)C1. The molecule has 2 heterocycles. The second-order valence-electron chi connectivity index (χ2n) is 5.71. The first-order valence-electron chi connectivity index (χ1n) is 7.99. The predicted molar refractivity (Wildman–Crippen MR) is 92.1 cm³/mol. The van der Waals surface area contributed by atoms with Gasteiger partial charge >= 0.3 is 0 Å². The summed E-state index contributed by atoms with van der Waals surface area (Å²) in [5.41, 5.74) is 0. The molecule has 1 fully saturated rings. The second-order valence-corrected chi connectivity index (χ2v) is 6.97. The van der Waals surface area contributed by atoms with Crippen molar-refractivity contribution in [3.8, 4) is 0 Å². The molecule has 1 aliphatic heterocycles. The van der Waals surface area contributed by atoms with Gasteiger partial charge in [-0.05, 0) is 51.4 Å². The van der Waals surface area contributed by atoms with Gasteiger partial charge in [-0.25, -0.2) is 4.99 Å². The van der Waals surface area contributed by atoms with Gasteiger partial charge in [0.25, 0.3) is 0 Å². The molecule has 0 bridgehead atoms. The van der Waals surface area contributed by atoms with E-state index in [0.29, 0.717) is 0 Å². The summed E-state index contributed by atoms with van der Waals surface area (Å²) in [5, 5.41) is 6.83. The zero-order valence-electron chi connectivity index (χ0n) is 13.5. The Kier molecular flexibility index (Phi) is 6.51. The van der Waals surface area contributed by atoms with E-state index in [1.54, 1.807) is 0 Å². The summed E-state index contributed by atoms with van der Waals surface area (Å²) in [6.45, 7) is 9.41. The fraction of sp³-hybridized carbons (Fsp3) is 0.688. The molecule has 0 radical (unpaired) electrons. The minimum absolute atomic E-state index is 0.743. The van der Waals surface area contributed by atoms with Crippen LogP contribution in [0.3, 0.4) is 0 Å². The van der Waals surface area contributed by atoms with Crippen LogP contribution in [0.25, 0.3) is 0 Å². The smallest absolute Gasteiger partial charge is 0.191 e. The van der Waals surface area contributed by atoms with E-state index in [0.717, 1.165) is 37.9 Å². The van der Waals surface area contributed by atoms with Crippen LogP contribution in [-0.4, -0.2) is 44.1 Å². The first-order valence-corrected chi connectivity index (χ1v) is 8.81. The van der Waals surface area contributed by atoms with E-state index >= 15 is 0 Å². The molecule has 0 saturated carbocycles. The molecule has 1 aromatic rings. The van der Waals surface area contributed by atoms with Crippen molar-refractivity contribution < 1.29 is 0 Å². The fourth-order valence-corrected chi connectivity index (χ4v) is 3.51. The van der Waals surface area contributed by atoms with E-state index in [1.165, 1.54) is 29.3 Å². The van der Waals surface area contributed by atoms with Crippen LogP contribution in [0, 0.1) is 5.92 Å². The van der Waals surface area contributed by atoms with E-state index in [-0.39, 0.29) is 0 Å². The highest BCUT2D eigenvalue weighted by atomic mass is 32.1. The van der Waals surface area contributed by atoms with Crippen molar-refractivity contribution in [3.05, 3.63) is 21.9 Å². The van der Waals surface area contributed by atoms with Gasteiger partial charge in [-0.1, -0.05) is 6.92 Å². The highest BCUT2D eigenvalue weighted by molar-refractivity contribution is 7.11. The number of rotatable bonds is 6. The Hall–Kier alpha value is -1.07. The normalized spacial score (nSPS) is 20.0. The molecule has 0 aromatic carbocycles. The third kappa shape index (κ3) is 5.32. The number of guanidine groups is 1. The van der Waals surface area contributed by atoms with Crippen molar-refractivity contribution in [2.24, 2.45) is 10.9 Å². The van der Waals surface area contributed by atoms with Gasteiger partial charge in [0.2, 0.25) is 0 Å². The second kappa shape index (κ2) is 8.39. The summed E-state index contributed by atoms with van der Waals surface area (Å²) in [6.07, 6.45) is 2.40. The number of aryl methyl sites for hydroxylation is 1. The van der Waals surface area contributed by atoms with Crippen molar-refractivity contribution in [3.63, 3.8) is 0 Å². The largest absolute Gasteiger partial charge is 0.357 e. The maximum absolute atomic E-state index is 4.70. The van der Waals surface area contributed by atoms with Crippen LogP contribution in [0.5, 0.6) is 0 Å². The molecule has 1 saturated heterocycles. The van der Waals surface area contributed by atoms with Gasteiger partial charge in [0, 0.05) is 29.4 Å². The summed E-state index contributed by atoms with van der Waals surface area (Å²) in [4.78, 5) is 9.87. The van der Waals surface area contributed by atoms with Crippen molar-refractivity contribution in [2.45, 2.75) is 33.2 Å².